The third-order valence-corrected chi connectivity index (χ3v) is 5.02. The number of nitrogens with zero attached hydrogens (tertiary/aromatic N) is 2. The van der Waals surface area contributed by atoms with Crippen molar-refractivity contribution in [2.45, 2.75) is 45.8 Å². The summed E-state index contributed by atoms with van der Waals surface area (Å²) >= 11 is 7.33. The number of halogens is 1. The fourth-order valence-corrected chi connectivity index (χ4v) is 3.50. The molecule has 0 aliphatic carbocycles. The second-order valence-corrected chi connectivity index (χ2v) is 8.57. The quantitative estimate of drug-likeness (QED) is 0.542. The van der Waals surface area contributed by atoms with Crippen molar-refractivity contribution in [3.63, 3.8) is 0 Å². The van der Waals surface area contributed by atoms with Crippen LogP contribution in [0.1, 0.15) is 34.1 Å². The molecule has 1 heterocycles. The van der Waals surface area contributed by atoms with Crippen LogP contribution in [0.5, 0.6) is 0 Å². The van der Waals surface area contributed by atoms with Crippen molar-refractivity contribution in [1.29, 1.82) is 0 Å². The summed E-state index contributed by atoms with van der Waals surface area (Å²) in [5.41, 5.74) is 0.466. The van der Waals surface area contributed by atoms with Gasteiger partial charge >= 0.3 is 0 Å². The molecule has 0 saturated carbocycles. The minimum Gasteiger partial charge on any atom is -0.355 e. The predicted molar refractivity (Wildman–Crippen MR) is 109 cm³/mol. The van der Waals surface area contributed by atoms with Gasteiger partial charge in [0.2, 0.25) is 5.91 Å². The van der Waals surface area contributed by atoms with Crippen LogP contribution < -0.4 is 10.9 Å². The Morgan fingerprint density at radius 2 is 2.00 bits per heavy atom. The normalized spacial score (nSPS) is 11.5. The van der Waals surface area contributed by atoms with Gasteiger partial charge in [-0.05, 0) is 36.5 Å². The first kappa shape index (κ1) is 20.8. The lowest BCUT2D eigenvalue weighted by Gasteiger charge is -2.15. The van der Waals surface area contributed by atoms with Gasteiger partial charge in [0.05, 0.1) is 16.7 Å². The van der Waals surface area contributed by atoms with Crippen LogP contribution in [0.25, 0.3) is 10.9 Å². The second-order valence-electron chi connectivity index (χ2n) is 7.19. The van der Waals surface area contributed by atoms with Gasteiger partial charge in [-0.25, -0.2) is 4.98 Å². The number of carbonyl (C=O) groups excluding carboxylic acids is 1. The minimum absolute atomic E-state index is 0.0489. The Balaban J connectivity index is 2.23. The van der Waals surface area contributed by atoms with Gasteiger partial charge in [-0.2, -0.15) is 0 Å². The SMILES string of the molecule is CC(C)CCNC(=O)CSc1nc2cc(Cl)ccc2c(=O)n1CC(C)C. The summed E-state index contributed by atoms with van der Waals surface area (Å²) in [7, 11) is 0. The molecule has 0 saturated heterocycles. The Labute approximate surface area is 163 Å². The van der Waals surface area contributed by atoms with E-state index in [1.54, 1.807) is 22.8 Å². The molecule has 0 fully saturated rings. The molecule has 1 amide bonds. The zero-order chi connectivity index (χ0) is 19.3. The largest absolute Gasteiger partial charge is 0.355 e. The Bertz CT molecular complexity index is 833. The van der Waals surface area contributed by atoms with E-state index in [4.69, 9.17) is 11.6 Å². The monoisotopic (exact) mass is 395 g/mol. The van der Waals surface area contributed by atoms with Gasteiger partial charge in [0, 0.05) is 18.1 Å². The van der Waals surface area contributed by atoms with E-state index < -0.39 is 0 Å². The summed E-state index contributed by atoms with van der Waals surface area (Å²) in [6.45, 7) is 9.56. The van der Waals surface area contributed by atoms with Gasteiger partial charge in [-0.15, -0.1) is 0 Å². The Hall–Kier alpha value is -1.53. The summed E-state index contributed by atoms with van der Waals surface area (Å²) < 4.78 is 1.66. The molecule has 1 aromatic carbocycles. The Kier molecular flexibility index (Phi) is 7.53. The highest BCUT2D eigenvalue weighted by Gasteiger charge is 2.14. The van der Waals surface area contributed by atoms with Gasteiger partial charge < -0.3 is 5.32 Å². The standard InChI is InChI=1S/C19H26ClN3O2S/c1-12(2)7-8-21-17(24)11-26-19-22-16-9-14(20)5-6-15(16)18(25)23(19)10-13(3)4/h5-6,9,12-13H,7-8,10-11H2,1-4H3,(H,21,24). The number of thioether (sulfide) groups is 1. The number of hydrogen-bond acceptors (Lipinski definition) is 4. The Morgan fingerprint density at radius 3 is 2.65 bits per heavy atom. The lowest BCUT2D eigenvalue weighted by atomic mass is 10.1. The number of rotatable bonds is 8. The molecule has 0 radical (unpaired) electrons. The molecule has 2 rings (SSSR count). The molecular formula is C19H26ClN3O2S. The van der Waals surface area contributed by atoms with Crippen LogP contribution in [-0.2, 0) is 11.3 Å². The maximum Gasteiger partial charge on any atom is 0.262 e. The molecular weight excluding hydrogens is 370 g/mol. The van der Waals surface area contributed by atoms with E-state index in [0.29, 0.717) is 46.0 Å². The summed E-state index contributed by atoms with van der Waals surface area (Å²) in [5, 5.41) is 4.54. The van der Waals surface area contributed by atoms with Crippen LogP contribution in [-0.4, -0.2) is 27.8 Å². The van der Waals surface area contributed by atoms with Crippen LogP contribution in [0.4, 0.5) is 0 Å². The van der Waals surface area contributed by atoms with Crippen LogP contribution in [0, 0.1) is 11.8 Å². The van der Waals surface area contributed by atoms with Crippen LogP contribution in [0.2, 0.25) is 5.02 Å². The maximum atomic E-state index is 12.9. The highest BCUT2D eigenvalue weighted by molar-refractivity contribution is 7.99. The van der Waals surface area contributed by atoms with E-state index in [-0.39, 0.29) is 17.2 Å². The van der Waals surface area contributed by atoms with Crippen LogP contribution >= 0.6 is 23.4 Å². The summed E-state index contributed by atoms with van der Waals surface area (Å²) in [5.74, 6) is 1.02. The van der Waals surface area contributed by atoms with E-state index in [0.717, 1.165) is 6.42 Å². The number of carbonyl (C=O) groups is 1. The van der Waals surface area contributed by atoms with E-state index >= 15 is 0 Å². The smallest absolute Gasteiger partial charge is 0.262 e. The number of nitrogens with one attached hydrogen (secondary N) is 1. The topological polar surface area (TPSA) is 64.0 Å². The zero-order valence-corrected chi connectivity index (χ0v) is 17.3. The molecule has 0 aliphatic rings. The molecule has 0 atom stereocenters. The number of aromatic nitrogens is 2. The van der Waals surface area contributed by atoms with E-state index in [9.17, 15) is 9.59 Å². The fourth-order valence-electron chi connectivity index (χ4n) is 2.49. The third-order valence-electron chi connectivity index (χ3n) is 3.81. The first-order chi connectivity index (χ1) is 12.3. The molecule has 0 aliphatic heterocycles. The molecule has 7 heteroatoms. The predicted octanol–water partition coefficient (Wildman–Crippen LogP) is 3.96. The molecule has 26 heavy (non-hydrogen) atoms. The number of amides is 1. The van der Waals surface area contributed by atoms with Gasteiger partial charge in [0.1, 0.15) is 0 Å². The molecule has 5 nitrogen and oxygen atoms in total. The summed E-state index contributed by atoms with van der Waals surface area (Å²) in [6, 6.07) is 5.09. The van der Waals surface area contributed by atoms with Crippen molar-refractivity contribution >= 4 is 40.2 Å². The molecule has 0 spiro atoms. The van der Waals surface area contributed by atoms with E-state index in [2.05, 4.69) is 24.1 Å². The van der Waals surface area contributed by atoms with E-state index in [1.807, 2.05) is 13.8 Å². The average molecular weight is 396 g/mol. The molecule has 1 N–H and O–H groups in total. The van der Waals surface area contributed by atoms with Crippen LogP contribution in [0.3, 0.4) is 0 Å². The van der Waals surface area contributed by atoms with Gasteiger partial charge in [-0.3, -0.25) is 14.2 Å². The minimum atomic E-state index is -0.0944. The Morgan fingerprint density at radius 1 is 1.27 bits per heavy atom. The molecule has 1 aromatic heterocycles. The van der Waals surface area contributed by atoms with Crippen molar-refractivity contribution in [3.05, 3.63) is 33.6 Å². The third kappa shape index (κ3) is 5.74. The summed E-state index contributed by atoms with van der Waals surface area (Å²) in [6.07, 6.45) is 0.946. The lowest BCUT2D eigenvalue weighted by Crippen LogP contribution is -2.29. The van der Waals surface area contributed by atoms with Crippen molar-refractivity contribution < 1.29 is 4.79 Å². The second kappa shape index (κ2) is 9.42. The van der Waals surface area contributed by atoms with Crippen molar-refractivity contribution in [3.8, 4) is 0 Å². The molecule has 2 aromatic rings. The van der Waals surface area contributed by atoms with Gasteiger partial charge in [0.15, 0.2) is 5.16 Å². The highest BCUT2D eigenvalue weighted by atomic mass is 35.5. The zero-order valence-electron chi connectivity index (χ0n) is 15.7. The maximum absolute atomic E-state index is 12.9. The van der Waals surface area contributed by atoms with E-state index in [1.165, 1.54) is 11.8 Å². The number of hydrogen-bond donors (Lipinski definition) is 1. The first-order valence-corrected chi connectivity index (χ1v) is 10.2. The average Bonchev–Trinajstić information content (AvgIpc) is 2.55. The molecule has 142 valence electrons. The van der Waals surface area contributed by atoms with Crippen LogP contribution in [0.15, 0.2) is 28.2 Å². The highest BCUT2D eigenvalue weighted by Crippen LogP contribution is 2.21. The van der Waals surface area contributed by atoms with Crippen molar-refractivity contribution in [1.82, 2.24) is 14.9 Å². The van der Waals surface area contributed by atoms with Crippen molar-refractivity contribution in [2.75, 3.05) is 12.3 Å². The molecule has 0 bridgehead atoms. The number of benzene rings is 1. The first-order valence-electron chi connectivity index (χ1n) is 8.87. The lowest BCUT2D eigenvalue weighted by molar-refractivity contribution is -0.118. The molecule has 0 unspecified atom stereocenters. The fraction of sp³-hybridized carbons (Fsp3) is 0.526. The van der Waals surface area contributed by atoms with Gasteiger partial charge in [0.25, 0.3) is 5.56 Å². The van der Waals surface area contributed by atoms with Gasteiger partial charge in [-0.1, -0.05) is 51.1 Å². The van der Waals surface area contributed by atoms with Crippen molar-refractivity contribution in [2.24, 2.45) is 11.8 Å². The summed E-state index contributed by atoms with van der Waals surface area (Å²) in [4.78, 5) is 29.5. The number of fused-ring (bicyclic) bond motifs is 1.